The maximum Gasteiger partial charge on any atom is 0.240 e. The van der Waals surface area contributed by atoms with Crippen molar-refractivity contribution in [3.63, 3.8) is 0 Å². The molecule has 1 aromatic rings. The second kappa shape index (κ2) is 6.22. The second-order valence-corrected chi connectivity index (χ2v) is 7.98. The number of nitrogens with zero attached hydrogens (tertiary/aromatic N) is 1. The van der Waals surface area contributed by atoms with Crippen LogP contribution in [0.5, 0.6) is 0 Å². The van der Waals surface area contributed by atoms with Gasteiger partial charge in [0, 0.05) is 31.3 Å². The third kappa shape index (κ3) is 3.27. The van der Waals surface area contributed by atoms with Crippen molar-refractivity contribution in [2.75, 3.05) is 25.2 Å². The van der Waals surface area contributed by atoms with Crippen molar-refractivity contribution in [1.82, 2.24) is 4.72 Å². The van der Waals surface area contributed by atoms with E-state index in [0.717, 1.165) is 24.1 Å². The van der Waals surface area contributed by atoms with Gasteiger partial charge >= 0.3 is 0 Å². The van der Waals surface area contributed by atoms with Crippen LogP contribution in [0.4, 0.5) is 5.69 Å². The lowest BCUT2D eigenvalue weighted by Gasteiger charge is -2.22. The second-order valence-electron chi connectivity index (χ2n) is 6.22. The van der Waals surface area contributed by atoms with Gasteiger partial charge in [0.2, 0.25) is 15.9 Å². The van der Waals surface area contributed by atoms with E-state index in [4.69, 9.17) is 4.74 Å². The largest absolute Gasteiger partial charge is 0.383 e. The van der Waals surface area contributed by atoms with E-state index in [1.165, 1.54) is 7.11 Å². The highest BCUT2D eigenvalue weighted by Crippen LogP contribution is 2.39. The number of fused-ring (bicyclic) bond motifs is 1. The van der Waals surface area contributed by atoms with Crippen LogP contribution in [0.1, 0.15) is 25.3 Å². The molecule has 1 atom stereocenters. The molecular formula is C16H22N2O4S. The maximum atomic E-state index is 12.4. The minimum absolute atomic E-state index is 0.0810. The van der Waals surface area contributed by atoms with Crippen molar-refractivity contribution < 1.29 is 17.9 Å². The van der Waals surface area contributed by atoms with Crippen LogP contribution in [-0.2, 0) is 26.0 Å². The van der Waals surface area contributed by atoms with Crippen molar-refractivity contribution in [2.24, 2.45) is 5.92 Å². The number of carbonyl (C=O) groups excluding carboxylic acids is 1. The maximum absolute atomic E-state index is 12.4. The molecule has 0 radical (unpaired) electrons. The summed E-state index contributed by atoms with van der Waals surface area (Å²) in [6.45, 7) is 2.56. The van der Waals surface area contributed by atoms with Gasteiger partial charge in [0.25, 0.3) is 0 Å². The number of carbonyl (C=O) groups is 1. The number of benzene rings is 1. The molecule has 6 nitrogen and oxygen atoms in total. The predicted octanol–water partition coefficient (Wildman–Crippen LogP) is 1.30. The summed E-state index contributed by atoms with van der Waals surface area (Å²) in [6.07, 6.45) is 2.62. The summed E-state index contributed by atoms with van der Waals surface area (Å²) in [5, 5.41) is 0. The number of amides is 1. The first kappa shape index (κ1) is 16.4. The van der Waals surface area contributed by atoms with Crippen LogP contribution in [-0.4, -0.2) is 40.6 Å². The van der Waals surface area contributed by atoms with E-state index >= 15 is 0 Å². The Morgan fingerprint density at radius 1 is 1.39 bits per heavy atom. The first-order valence-electron chi connectivity index (χ1n) is 7.88. The lowest BCUT2D eigenvalue weighted by molar-refractivity contribution is -0.120. The molecule has 0 spiro atoms. The molecule has 23 heavy (non-hydrogen) atoms. The molecule has 2 aliphatic rings. The Labute approximate surface area is 136 Å². The molecule has 0 unspecified atom stereocenters. The molecule has 0 aromatic heterocycles. The van der Waals surface area contributed by atoms with Crippen LogP contribution in [0.15, 0.2) is 23.1 Å². The molecular weight excluding hydrogens is 316 g/mol. The van der Waals surface area contributed by atoms with Crippen LogP contribution < -0.4 is 9.62 Å². The Bertz CT molecular complexity index is 713. The highest BCUT2D eigenvalue weighted by Gasteiger charge is 2.39. The number of hydrogen-bond donors (Lipinski definition) is 1. The van der Waals surface area contributed by atoms with Crippen LogP contribution in [0.2, 0.25) is 0 Å². The number of rotatable bonds is 6. The number of hydrogen-bond acceptors (Lipinski definition) is 4. The average molecular weight is 338 g/mol. The highest BCUT2D eigenvalue weighted by atomic mass is 32.2. The SMILES string of the molecule is COCCNS(=O)(=O)c1ccc2c(c1)C[C@@H](C)N2C(=O)C1CC1. The summed E-state index contributed by atoms with van der Waals surface area (Å²) in [7, 11) is -2.02. The monoisotopic (exact) mass is 338 g/mol. The average Bonchev–Trinajstić information content (AvgIpc) is 3.29. The minimum Gasteiger partial charge on any atom is -0.383 e. The van der Waals surface area contributed by atoms with Crippen molar-refractivity contribution >= 4 is 21.6 Å². The zero-order chi connectivity index (χ0) is 16.6. The number of anilines is 1. The first-order chi connectivity index (χ1) is 10.9. The van der Waals surface area contributed by atoms with Gasteiger partial charge in [-0.15, -0.1) is 0 Å². The molecule has 3 rings (SSSR count). The van der Waals surface area contributed by atoms with Crippen molar-refractivity contribution in [3.8, 4) is 0 Å². The van der Waals surface area contributed by atoms with Gasteiger partial charge in [0.05, 0.1) is 11.5 Å². The summed E-state index contributed by atoms with van der Waals surface area (Å²) in [4.78, 5) is 14.5. The molecule has 1 heterocycles. The smallest absolute Gasteiger partial charge is 0.240 e. The topological polar surface area (TPSA) is 75.7 Å². The van der Waals surface area contributed by atoms with Gasteiger partial charge in [-0.05, 0) is 49.9 Å². The quantitative estimate of drug-likeness (QED) is 0.793. The van der Waals surface area contributed by atoms with E-state index in [9.17, 15) is 13.2 Å². The molecule has 126 valence electrons. The van der Waals surface area contributed by atoms with E-state index in [1.54, 1.807) is 18.2 Å². The Hall–Kier alpha value is -1.44. The predicted molar refractivity (Wildman–Crippen MR) is 86.9 cm³/mol. The van der Waals surface area contributed by atoms with Gasteiger partial charge in [-0.3, -0.25) is 4.79 Å². The Balaban J connectivity index is 1.83. The number of ether oxygens (including phenoxy) is 1. The van der Waals surface area contributed by atoms with Gasteiger partial charge in [-0.1, -0.05) is 0 Å². The van der Waals surface area contributed by atoms with Gasteiger partial charge < -0.3 is 9.64 Å². The van der Waals surface area contributed by atoms with Gasteiger partial charge in [-0.25, -0.2) is 13.1 Å². The minimum atomic E-state index is -3.55. The van der Waals surface area contributed by atoms with Crippen LogP contribution in [0.25, 0.3) is 0 Å². The fourth-order valence-corrected chi connectivity index (χ4v) is 4.06. The van der Waals surface area contributed by atoms with E-state index in [0.29, 0.717) is 13.0 Å². The van der Waals surface area contributed by atoms with E-state index in [2.05, 4.69) is 4.72 Å². The third-order valence-corrected chi connectivity index (χ3v) is 5.80. The summed E-state index contributed by atoms with van der Waals surface area (Å²) >= 11 is 0. The van der Waals surface area contributed by atoms with E-state index < -0.39 is 10.0 Å². The molecule has 1 saturated carbocycles. The highest BCUT2D eigenvalue weighted by molar-refractivity contribution is 7.89. The molecule has 1 aliphatic heterocycles. The van der Waals surface area contributed by atoms with Gasteiger partial charge in [-0.2, -0.15) is 0 Å². The zero-order valence-corrected chi connectivity index (χ0v) is 14.2. The standard InChI is InChI=1S/C16H22N2O4S/c1-11-9-13-10-14(23(20,21)17-7-8-22-2)5-6-15(13)18(11)16(19)12-3-4-12/h5-6,10-12,17H,3-4,7-9H2,1-2H3/t11-/m1/s1. The third-order valence-electron chi connectivity index (χ3n) is 4.34. The van der Waals surface area contributed by atoms with E-state index in [-0.39, 0.29) is 29.3 Å². The normalized spacial score (nSPS) is 20.6. The van der Waals surface area contributed by atoms with Crippen molar-refractivity contribution in [2.45, 2.75) is 37.1 Å². The summed E-state index contributed by atoms with van der Waals surface area (Å²) in [5.41, 5.74) is 1.77. The number of sulfonamides is 1. The molecule has 1 fully saturated rings. The summed E-state index contributed by atoms with van der Waals surface area (Å²) < 4.78 is 31.9. The Kier molecular flexibility index (Phi) is 4.44. The molecule has 1 aromatic carbocycles. The molecule has 0 saturated heterocycles. The number of methoxy groups -OCH3 is 1. The molecule has 0 bridgehead atoms. The van der Waals surface area contributed by atoms with E-state index in [1.807, 2.05) is 11.8 Å². The summed E-state index contributed by atoms with van der Waals surface area (Å²) in [6, 6.07) is 5.09. The number of nitrogens with one attached hydrogen (secondary N) is 1. The Morgan fingerprint density at radius 3 is 2.78 bits per heavy atom. The zero-order valence-electron chi connectivity index (χ0n) is 13.4. The molecule has 1 N–H and O–H groups in total. The first-order valence-corrected chi connectivity index (χ1v) is 9.37. The molecule has 1 aliphatic carbocycles. The van der Waals surface area contributed by atoms with Gasteiger partial charge in [0.15, 0.2) is 0 Å². The van der Waals surface area contributed by atoms with Crippen LogP contribution in [0.3, 0.4) is 0 Å². The molecule has 7 heteroatoms. The fraction of sp³-hybridized carbons (Fsp3) is 0.562. The lowest BCUT2D eigenvalue weighted by atomic mass is 10.1. The molecule has 1 amide bonds. The lowest BCUT2D eigenvalue weighted by Crippen LogP contribution is -2.36. The van der Waals surface area contributed by atoms with Crippen molar-refractivity contribution in [1.29, 1.82) is 0 Å². The Morgan fingerprint density at radius 2 is 2.13 bits per heavy atom. The fourth-order valence-electron chi connectivity index (χ4n) is 3.00. The van der Waals surface area contributed by atoms with Gasteiger partial charge in [0.1, 0.15) is 0 Å². The van der Waals surface area contributed by atoms with Crippen LogP contribution >= 0.6 is 0 Å². The van der Waals surface area contributed by atoms with Crippen LogP contribution in [0, 0.1) is 5.92 Å². The summed E-state index contributed by atoms with van der Waals surface area (Å²) in [5.74, 6) is 0.326. The van der Waals surface area contributed by atoms with Crippen molar-refractivity contribution in [3.05, 3.63) is 23.8 Å².